The van der Waals surface area contributed by atoms with Crippen molar-refractivity contribution in [2.24, 2.45) is 4.99 Å². The van der Waals surface area contributed by atoms with Crippen LogP contribution < -0.4 is 10.6 Å². The fourth-order valence-corrected chi connectivity index (χ4v) is 4.10. The van der Waals surface area contributed by atoms with E-state index in [1.165, 1.54) is 37.2 Å². The molecule has 1 aromatic carbocycles. The van der Waals surface area contributed by atoms with Gasteiger partial charge in [-0.05, 0) is 65.4 Å². The Balaban J connectivity index is 1.75. The molecule has 0 aliphatic carbocycles. The summed E-state index contributed by atoms with van der Waals surface area (Å²) in [5.74, 6) is 0.861. The van der Waals surface area contributed by atoms with Gasteiger partial charge in [-0.15, -0.1) is 0 Å². The van der Waals surface area contributed by atoms with Gasteiger partial charge >= 0.3 is 0 Å². The molecule has 30 heavy (non-hydrogen) atoms. The molecule has 2 N–H and O–H groups in total. The smallest absolute Gasteiger partial charge is 0.191 e. The molecule has 0 amide bonds. The fourth-order valence-electron chi connectivity index (χ4n) is 4.10. The van der Waals surface area contributed by atoms with Crippen LogP contribution in [0, 0.1) is 0 Å². The van der Waals surface area contributed by atoms with E-state index >= 15 is 0 Å². The van der Waals surface area contributed by atoms with Gasteiger partial charge in [0.25, 0.3) is 0 Å². The van der Waals surface area contributed by atoms with Gasteiger partial charge in [-0.1, -0.05) is 24.3 Å². The second kappa shape index (κ2) is 12.9. The van der Waals surface area contributed by atoms with E-state index < -0.39 is 0 Å². The molecule has 0 bridgehead atoms. The molecule has 1 heterocycles. The van der Waals surface area contributed by atoms with Crippen molar-refractivity contribution in [1.29, 1.82) is 0 Å². The maximum Gasteiger partial charge on any atom is 0.191 e. The minimum absolute atomic E-state index is 0.551. The number of hydrogen-bond donors (Lipinski definition) is 2. The number of nitrogens with one attached hydrogen (secondary N) is 2. The highest BCUT2D eigenvalue weighted by Crippen LogP contribution is 2.10. The first-order chi connectivity index (χ1) is 14.4. The summed E-state index contributed by atoms with van der Waals surface area (Å²) in [4.78, 5) is 11.9. The molecule has 0 saturated carbocycles. The Bertz CT molecular complexity index is 617. The summed E-state index contributed by atoms with van der Waals surface area (Å²) in [7, 11) is 4.05. The van der Waals surface area contributed by atoms with Crippen LogP contribution in [-0.2, 0) is 13.1 Å². The number of nitrogens with zero attached hydrogens (tertiary/aromatic N) is 4. The Labute approximate surface area is 184 Å². The molecule has 0 unspecified atom stereocenters. The second-order valence-corrected chi connectivity index (χ2v) is 9.03. The average Bonchev–Trinajstić information content (AvgIpc) is 2.92. The lowest BCUT2D eigenvalue weighted by Crippen LogP contribution is -2.45. The largest absolute Gasteiger partial charge is 0.355 e. The van der Waals surface area contributed by atoms with Crippen LogP contribution >= 0.6 is 0 Å². The summed E-state index contributed by atoms with van der Waals surface area (Å²) >= 11 is 0. The number of benzene rings is 1. The Hall–Kier alpha value is -1.63. The molecule has 1 fully saturated rings. The zero-order valence-corrected chi connectivity index (χ0v) is 20.1. The zero-order valence-electron chi connectivity index (χ0n) is 20.1. The third-order valence-corrected chi connectivity index (χ3v) is 5.91. The maximum atomic E-state index is 4.36. The van der Waals surface area contributed by atoms with Crippen molar-refractivity contribution in [3.63, 3.8) is 0 Å². The lowest BCUT2D eigenvalue weighted by molar-refractivity contribution is 0.178. The highest BCUT2D eigenvalue weighted by Gasteiger charge is 2.13. The van der Waals surface area contributed by atoms with Crippen LogP contribution in [-0.4, -0.2) is 86.1 Å². The van der Waals surface area contributed by atoms with Gasteiger partial charge in [-0.3, -0.25) is 14.8 Å². The Morgan fingerprint density at radius 3 is 2.27 bits per heavy atom. The molecule has 6 nitrogen and oxygen atoms in total. The van der Waals surface area contributed by atoms with Gasteiger partial charge in [0.15, 0.2) is 5.96 Å². The van der Waals surface area contributed by atoms with Gasteiger partial charge in [-0.2, -0.15) is 0 Å². The number of aliphatic imine (C=N–C) groups is 1. The Kier molecular flexibility index (Phi) is 10.6. The lowest BCUT2D eigenvalue weighted by atomic mass is 10.1. The highest BCUT2D eigenvalue weighted by atomic mass is 15.2. The van der Waals surface area contributed by atoms with Crippen molar-refractivity contribution in [3.05, 3.63) is 35.4 Å². The molecular formula is C24H44N6. The van der Waals surface area contributed by atoms with E-state index in [1.807, 2.05) is 7.05 Å². The molecule has 6 heteroatoms. The van der Waals surface area contributed by atoms with Crippen LogP contribution in [0.25, 0.3) is 0 Å². The van der Waals surface area contributed by atoms with E-state index in [2.05, 4.69) is 89.3 Å². The van der Waals surface area contributed by atoms with Crippen molar-refractivity contribution in [2.75, 3.05) is 53.4 Å². The van der Waals surface area contributed by atoms with Crippen molar-refractivity contribution in [2.45, 2.75) is 59.3 Å². The molecule has 0 radical (unpaired) electrons. The summed E-state index contributed by atoms with van der Waals surface area (Å²) < 4.78 is 0. The molecule has 170 valence electrons. The third kappa shape index (κ3) is 8.62. The first-order valence-electron chi connectivity index (χ1n) is 11.6. The summed E-state index contributed by atoms with van der Waals surface area (Å²) in [6, 6.07) is 10.1. The Morgan fingerprint density at radius 1 is 0.967 bits per heavy atom. The first kappa shape index (κ1) is 24.6. The summed E-state index contributed by atoms with van der Waals surface area (Å²) in [5.41, 5.74) is 2.68. The van der Waals surface area contributed by atoms with Gasteiger partial charge in [0.2, 0.25) is 0 Å². The standard InChI is InChI=1S/C24H44N6/c1-20(2)30(21(3)4)15-12-26-24(25-5)27-18-22-8-10-23(11-9-22)19-29-14-7-13-28(6)16-17-29/h8-11,20-21H,7,12-19H2,1-6H3,(H2,25,26,27). The summed E-state index contributed by atoms with van der Waals surface area (Å²) in [6.45, 7) is 17.5. The van der Waals surface area contributed by atoms with Crippen molar-refractivity contribution >= 4 is 5.96 Å². The van der Waals surface area contributed by atoms with Gasteiger partial charge in [0.1, 0.15) is 0 Å². The van der Waals surface area contributed by atoms with Crippen LogP contribution in [0.5, 0.6) is 0 Å². The molecule has 0 aromatic heterocycles. The van der Waals surface area contributed by atoms with Crippen molar-refractivity contribution in [1.82, 2.24) is 25.3 Å². The zero-order chi connectivity index (χ0) is 21.9. The van der Waals surface area contributed by atoms with Crippen molar-refractivity contribution < 1.29 is 0 Å². The van der Waals surface area contributed by atoms with E-state index in [4.69, 9.17) is 0 Å². The highest BCUT2D eigenvalue weighted by molar-refractivity contribution is 5.79. The molecular weight excluding hydrogens is 372 g/mol. The summed E-state index contributed by atoms with van der Waals surface area (Å²) in [6.07, 6.45) is 1.26. The lowest BCUT2D eigenvalue weighted by Gasteiger charge is -2.30. The van der Waals surface area contributed by atoms with E-state index in [0.717, 1.165) is 38.7 Å². The molecule has 1 saturated heterocycles. The fraction of sp³-hybridized carbons (Fsp3) is 0.708. The molecule has 1 aliphatic heterocycles. The molecule has 0 atom stereocenters. The maximum absolute atomic E-state index is 4.36. The average molecular weight is 417 g/mol. The number of guanidine groups is 1. The molecule has 2 rings (SSSR count). The van der Waals surface area contributed by atoms with Gasteiger partial charge in [-0.25, -0.2) is 0 Å². The van der Waals surface area contributed by atoms with Gasteiger partial charge in [0, 0.05) is 58.4 Å². The molecule has 1 aromatic rings. The Morgan fingerprint density at radius 2 is 1.63 bits per heavy atom. The normalized spacial score (nSPS) is 17.0. The van der Waals surface area contributed by atoms with Crippen LogP contribution in [0.2, 0.25) is 0 Å². The van der Waals surface area contributed by atoms with Crippen LogP contribution in [0.3, 0.4) is 0 Å². The first-order valence-corrected chi connectivity index (χ1v) is 11.6. The van der Waals surface area contributed by atoms with Crippen LogP contribution in [0.15, 0.2) is 29.3 Å². The predicted octanol–water partition coefficient (Wildman–Crippen LogP) is 2.61. The SMILES string of the molecule is CN=C(NCCN(C(C)C)C(C)C)NCc1ccc(CN2CCCN(C)CC2)cc1. The van der Waals surface area contributed by atoms with Gasteiger partial charge in [0.05, 0.1) is 0 Å². The topological polar surface area (TPSA) is 46.1 Å². The quantitative estimate of drug-likeness (QED) is 0.479. The minimum Gasteiger partial charge on any atom is -0.355 e. The number of likely N-dealkylation sites (N-methyl/N-ethyl adjacent to an activating group) is 1. The molecule has 0 spiro atoms. The third-order valence-electron chi connectivity index (χ3n) is 5.91. The monoisotopic (exact) mass is 416 g/mol. The van der Waals surface area contributed by atoms with Gasteiger partial charge < -0.3 is 15.5 Å². The van der Waals surface area contributed by atoms with Crippen LogP contribution in [0.4, 0.5) is 0 Å². The minimum atomic E-state index is 0.551. The van der Waals surface area contributed by atoms with Crippen LogP contribution in [0.1, 0.15) is 45.2 Å². The van der Waals surface area contributed by atoms with E-state index in [0.29, 0.717) is 12.1 Å². The van der Waals surface area contributed by atoms with Crippen molar-refractivity contribution in [3.8, 4) is 0 Å². The van der Waals surface area contributed by atoms with E-state index in [-0.39, 0.29) is 0 Å². The van der Waals surface area contributed by atoms with E-state index in [1.54, 1.807) is 0 Å². The molecule has 1 aliphatic rings. The summed E-state index contributed by atoms with van der Waals surface area (Å²) in [5, 5.41) is 6.88. The second-order valence-electron chi connectivity index (χ2n) is 9.03. The predicted molar refractivity (Wildman–Crippen MR) is 129 cm³/mol. The van der Waals surface area contributed by atoms with E-state index in [9.17, 15) is 0 Å². The number of rotatable bonds is 9. The number of hydrogen-bond acceptors (Lipinski definition) is 4.